The average molecular weight is 414 g/mol. The van der Waals surface area contributed by atoms with E-state index < -0.39 is 0 Å². The van der Waals surface area contributed by atoms with Gasteiger partial charge in [0, 0.05) is 51.3 Å². The molecule has 2 aromatic rings. The number of hydrogen-bond donors (Lipinski definition) is 0. The van der Waals surface area contributed by atoms with E-state index in [1.165, 1.54) is 32.1 Å². The molecule has 8 heteroatoms. The summed E-state index contributed by atoms with van der Waals surface area (Å²) in [6.07, 6.45) is 8.62. The Morgan fingerprint density at radius 3 is 2.27 bits per heavy atom. The maximum atomic E-state index is 6.36. The summed E-state index contributed by atoms with van der Waals surface area (Å²) in [5.41, 5.74) is 0. The van der Waals surface area contributed by atoms with Gasteiger partial charge in [0.2, 0.25) is 5.88 Å². The normalized spacial score (nSPS) is 23.3. The third-order valence-corrected chi connectivity index (χ3v) is 7.04. The molecule has 0 unspecified atom stereocenters. The number of hydrogen-bond acceptors (Lipinski definition) is 7. The second kappa shape index (κ2) is 8.67. The van der Waals surface area contributed by atoms with Crippen molar-refractivity contribution < 1.29 is 4.74 Å². The van der Waals surface area contributed by atoms with Crippen LogP contribution in [0, 0.1) is 0 Å². The van der Waals surface area contributed by atoms with Crippen LogP contribution in [0.5, 0.6) is 5.88 Å². The van der Waals surface area contributed by atoms with Crippen LogP contribution in [0.3, 0.4) is 0 Å². The summed E-state index contributed by atoms with van der Waals surface area (Å²) in [5, 5.41) is 4.95. The monoisotopic (exact) mass is 413 g/mol. The molecule has 3 aliphatic rings. The van der Waals surface area contributed by atoms with E-state index in [1.807, 2.05) is 4.52 Å². The molecule has 30 heavy (non-hydrogen) atoms. The van der Waals surface area contributed by atoms with E-state index in [0.29, 0.717) is 17.6 Å². The Balaban J connectivity index is 1.46. The minimum absolute atomic E-state index is 0.234. The van der Waals surface area contributed by atoms with Gasteiger partial charge in [0.1, 0.15) is 11.9 Å². The summed E-state index contributed by atoms with van der Waals surface area (Å²) < 4.78 is 8.33. The lowest BCUT2D eigenvalue weighted by Gasteiger charge is -2.34. The quantitative estimate of drug-likeness (QED) is 0.763. The molecule has 0 bridgehead atoms. The van der Waals surface area contributed by atoms with E-state index in [-0.39, 0.29) is 6.10 Å². The maximum absolute atomic E-state index is 6.36. The van der Waals surface area contributed by atoms with Gasteiger partial charge < -0.3 is 19.4 Å². The molecule has 5 rings (SSSR count). The van der Waals surface area contributed by atoms with E-state index in [9.17, 15) is 0 Å². The first-order valence-corrected chi connectivity index (χ1v) is 11.7. The number of piperidine rings is 1. The number of aromatic nitrogens is 4. The Bertz CT molecular complexity index is 847. The number of rotatable bonds is 4. The van der Waals surface area contributed by atoms with Gasteiger partial charge in [-0.2, -0.15) is 14.5 Å². The van der Waals surface area contributed by atoms with E-state index in [4.69, 9.17) is 19.8 Å². The van der Waals surface area contributed by atoms with Crippen LogP contribution in [0.25, 0.3) is 5.78 Å². The summed E-state index contributed by atoms with van der Waals surface area (Å²) in [7, 11) is 4.36. The zero-order valence-electron chi connectivity index (χ0n) is 18.5. The molecule has 0 radical (unpaired) electrons. The van der Waals surface area contributed by atoms with Crippen molar-refractivity contribution >= 4 is 11.6 Å². The fraction of sp³-hybridized carbons (Fsp3) is 0.773. The molecule has 0 N–H and O–H groups in total. The highest BCUT2D eigenvalue weighted by Gasteiger charge is 2.25. The van der Waals surface area contributed by atoms with Crippen LogP contribution in [-0.2, 0) is 0 Å². The molecule has 0 spiro atoms. The highest BCUT2D eigenvalue weighted by molar-refractivity contribution is 5.50. The number of ether oxygens (including phenoxy) is 1. The molecule has 164 valence electrons. The number of likely N-dealkylation sites (tertiary alicyclic amines) is 1. The lowest BCUT2D eigenvalue weighted by atomic mass is 9.89. The number of nitrogens with zero attached hydrogens (tertiary/aromatic N) is 7. The van der Waals surface area contributed by atoms with Crippen molar-refractivity contribution in [3.8, 4) is 5.88 Å². The Morgan fingerprint density at radius 2 is 1.53 bits per heavy atom. The number of piperazine rings is 1. The molecule has 2 saturated heterocycles. The van der Waals surface area contributed by atoms with E-state index >= 15 is 0 Å². The van der Waals surface area contributed by atoms with Gasteiger partial charge >= 0.3 is 0 Å². The van der Waals surface area contributed by atoms with Crippen LogP contribution in [0.15, 0.2) is 6.07 Å². The van der Waals surface area contributed by atoms with E-state index in [1.54, 1.807) is 0 Å². The standard InChI is InChI=1S/C22H35N7O/c1-26-10-8-18(9-11-26)30-19-16-20(28-14-12-27(2)13-15-28)29-22(23-19)24-21(25-29)17-6-4-3-5-7-17/h16-18H,3-15H2,1-2H3. The summed E-state index contributed by atoms with van der Waals surface area (Å²) in [6, 6.07) is 2.09. The number of likely N-dealkylation sites (N-methyl/N-ethyl adjacent to an activating group) is 1. The van der Waals surface area contributed by atoms with Crippen molar-refractivity contribution in [3.63, 3.8) is 0 Å². The van der Waals surface area contributed by atoms with Gasteiger partial charge in [-0.05, 0) is 39.8 Å². The van der Waals surface area contributed by atoms with Crippen LogP contribution in [0.4, 0.5) is 5.82 Å². The van der Waals surface area contributed by atoms with Gasteiger partial charge in [0.05, 0.1) is 0 Å². The topological polar surface area (TPSA) is 62.0 Å². The molecule has 4 heterocycles. The largest absolute Gasteiger partial charge is 0.474 e. The van der Waals surface area contributed by atoms with Crippen LogP contribution >= 0.6 is 0 Å². The summed E-state index contributed by atoms with van der Waals surface area (Å²) in [5.74, 6) is 3.90. The van der Waals surface area contributed by atoms with Crippen LogP contribution in [0.2, 0.25) is 0 Å². The van der Waals surface area contributed by atoms with Crippen molar-refractivity contribution in [1.29, 1.82) is 0 Å². The van der Waals surface area contributed by atoms with Crippen molar-refractivity contribution in [2.24, 2.45) is 0 Å². The molecular weight excluding hydrogens is 378 g/mol. The average Bonchev–Trinajstić information content (AvgIpc) is 3.20. The van der Waals surface area contributed by atoms with E-state index in [2.05, 4.69) is 34.9 Å². The molecule has 8 nitrogen and oxygen atoms in total. The number of fused-ring (bicyclic) bond motifs is 1. The summed E-state index contributed by atoms with van der Waals surface area (Å²) in [4.78, 5) is 16.8. The SMILES string of the molecule is CN1CCC(Oc2cc(N3CCN(C)CC3)n3nc(C4CCCCC4)nc3n2)CC1. The highest BCUT2D eigenvalue weighted by Crippen LogP contribution is 2.32. The van der Waals surface area contributed by atoms with Gasteiger partial charge in [-0.3, -0.25) is 0 Å². The minimum Gasteiger partial charge on any atom is -0.474 e. The molecular formula is C22H35N7O. The predicted molar refractivity (Wildman–Crippen MR) is 117 cm³/mol. The van der Waals surface area contributed by atoms with Crippen molar-refractivity contribution in [1.82, 2.24) is 29.4 Å². The molecule has 2 aliphatic heterocycles. The van der Waals surface area contributed by atoms with Gasteiger partial charge in [0.25, 0.3) is 5.78 Å². The zero-order chi connectivity index (χ0) is 20.5. The minimum atomic E-state index is 0.234. The molecule has 2 aromatic heterocycles. The molecule has 1 aliphatic carbocycles. The smallest absolute Gasteiger partial charge is 0.257 e. The first-order valence-electron chi connectivity index (χ1n) is 11.7. The molecule has 1 saturated carbocycles. The van der Waals surface area contributed by atoms with Gasteiger partial charge in [-0.15, -0.1) is 5.10 Å². The Morgan fingerprint density at radius 1 is 0.833 bits per heavy atom. The van der Waals surface area contributed by atoms with Crippen LogP contribution in [0.1, 0.15) is 56.7 Å². The molecule has 0 aromatic carbocycles. The zero-order valence-corrected chi connectivity index (χ0v) is 18.5. The summed E-state index contributed by atoms with van der Waals surface area (Å²) >= 11 is 0. The lowest BCUT2D eigenvalue weighted by molar-refractivity contribution is 0.110. The Hall–Kier alpha value is -1.93. The Kier molecular flexibility index (Phi) is 5.78. The molecule has 0 atom stereocenters. The van der Waals surface area contributed by atoms with Crippen LogP contribution in [-0.4, -0.2) is 88.8 Å². The molecule has 3 fully saturated rings. The molecule has 0 amide bonds. The maximum Gasteiger partial charge on any atom is 0.257 e. The van der Waals surface area contributed by atoms with Crippen molar-refractivity contribution in [3.05, 3.63) is 11.9 Å². The van der Waals surface area contributed by atoms with Gasteiger partial charge in [-0.1, -0.05) is 19.3 Å². The second-order valence-corrected chi connectivity index (χ2v) is 9.38. The fourth-order valence-corrected chi connectivity index (χ4v) is 4.98. The first-order chi connectivity index (χ1) is 14.7. The Labute approximate surface area is 179 Å². The van der Waals surface area contributed by atoms with Gasteiger partial charge in [0.15, 0.2) is 5.82 Å². The highest BCUT2D eigenvalue weighted by atomic mass is 16.5. The van der Waals surface area contributed by atoms with Crippen molar-refractivity contribution in [2.45, 2.75) is 57.0 Å². The second-order valence-electron chi connectivity index (χ2n) is 9.38. The third kappa shape index (κ3) is 4.25. The number of anilines is 1. The fourth-order valence-electron chi connectivity index (χ4n) is 4.98. The first kappa shape index (κ1) is 20.0. The van der Waals surface area contributed by atoms with Gasteiger partial charge in [-0.25, -0.2) is 0 Å². The predicted octanol–water partition coefficient (Wildman–Crippen LogP) is 2.40. The van der Waals surface area contributed by atoms with Crippen molar-refractivity contribution in [2.75, 3.05) is 58.3 Å². The lowest BCUT2D eigenvalue weighted by Crippen LogP contribution is -2.45. The summed E-state index contributed by atoms with van der Waals surface area (Å²) in [6.45, 7) is 6.24. The van der Waals surface area contributed by atoms with Crippen LogP contribution < -0.4 is 9.64 Å². The van der Waals surface area contributed by atoms with E-state index in [0.717, 1.165) is 63.8 Å². The third-order valence-electron chi connectivity index (χ3n) is 7.04.